The lowest BCUT2D eigenvalue weighted by Gasteiger charge is -2.17. The number of halogens is 1. The first-order valence-corrected chi connectivity index (χ1v) is 8.82. The second kappa shape index (κ2) is 10.1. The Bertz CT molecular complexity index is 549. The first kappa shape index (κ1) is 22.1. The number of likely N-dealkylation sites (N-methyl/N-ethyl adjacent to an activating group) is 1. The van der Waals surface area contributed by atoms with Crippen LogP contribution in [0.25, 0.3) is 0 Å². The third kappa shape index (κ3) is 7.50. The smallest absolute Gasteiger partial charge is 0.240 e. The summed E-state index contributed by atoms with van der Waals surface area (Å²) in [6.07, 6.45) is -0.609. The Morgan fingerprint density at radius 3 is 2.22 bits per heavy atom. The molecular weight excluding hydrogens is 340 g/mol. The summed E-state index contributed by atoms with van der Waals surface area (Å²) in [6.45, 7) is 6.34. The van der Waals surface area contributed by atoms with Crippen LogP contribution in [0.5, 0.6) is 5.75 Å². The Kier molecular flexibility index (Phi) is 9.72. The zero-order valence-electron chi connectivity index (χ0n) is 13.9. The normalized spacial score (nSPS) is 14.2. The van der Waals surface area contributed by atoms with Gasteiger partial charge >= 0.3 is 0 Å². The Hall–Kier alpha value is -0.860. The van der Waals surface area contributed by atoms with Crippen molar-refractivity contribution in [1.82, 2.24) is 10.0 Å². The number of rotatable bonds is 9. The van der Waals surface area contributed by atoms with Gasteiger partial charge in [-0.15, -0.1) is 12.4 Å². The molecule has 0 amide bonds. The molecule has 0 aliphatic carbocycles. The van der Waals surface area contributed by atoms with Crippen LogP contribution in [0.3, 0.4) is 0 Å². The van der Waals surface area contributed by atoms with Crippen LogP contribution < -0.4 is 14.8 Å². The fraction of sp³-hybridized carbons (Fsp3) is 0.600. The Balaban J connectivity index is 0.00000484. The second-order valence-corrected chi connectivity index (χ2v) is 7.36. The van der Waals surface area contributed by atoms with Crippen molar-refractivity contribution in [3.8, 4) is 5.75 Å². The van der Waals surface area contributed by atoms with Gasteiger partial charge in [0.25, 0.3) is 0 Å². The summed E-state index contributed by atoms with van der Waals surface area (Å²) in [5, 5.41) is 12.4. The van der Waals surface area contributed by atoms with Crippen molar-refractivity contribution in [2.45, 2.75) is 37.8 Å². The fourth-order valence-electron chi connectivity index (χ4n) is 1.65. The van der Waals surface area contributed by atoms with E-state index in [0.29, 0.717) is 12.3 Å². The van der Waals surface area contributed by atoms with Crippen LogP contribution >= 0.6 is 12.4 Å². The highest BCUT2D eigenvalue weighted by molar-refractivity contribution is 7.89. The van der Waals surface area contributed by atoms with E-state index in [1.54, 1.807) is 19.2 Å². The van der Waals surface area contributed by atoms with Gasteiger partial charge in [-0.25, -0.2) is 13.1 Å². The Morgan fingerprint density at radius 1 is 1.17 bits per heavy atom. The predicted octanol–water partition coefficient (Wildman–Crippen LogP) is 1.39. The maximum Gasteiger partial charge on any atom is 0.240 e. The van der Waals surface area contributed by atoms with Gasteiger partial charge in [-0.3, -0.25) is 0 Å². The third-order valence-corrected chi connectivity index (χ3v) is 4.93. The lowest BCUT2D eigenvalue weighted by molar-refractivity contribution is 0.108. The van der Waals surface area contributed by atoms with Crippen LogP contribution in [0.1, 0.15) is 20.8 Å². The van der Waals surface area contributed by atoms with E-state index in [2.05, 4.69) is 10.0 Å². The number of aliphatic hydroxyl groups excluding tert-OH is 1. The Morgan fingerprint density at radius 2 is 1.74 bits per heavy atom. The van der Waals surface area contributed by atoms with Crippen molar-refractivity contribution in [2.75, 3.05) is 20.2 Å². The maximum absolute atomic E-state index is 12.2. The molecule has 0 aromatic heterocycles. The summed E-state index contributed by atoms with van der Waals surface area (Å²) in [5.74, 6) is 0.733. The molecule has 1 aromatic rings. The molecular formula is C15H27ClN2O4S. The molecule has 134 valence electrons. The van der Waals surface area contributed by atoms with Crippen LogP contribution in [-0.4, -0.2) is 45.9 Å². The van der Waals surface area contributed by atoms with Crippen molar-refractivity contribution in [3.05, 3.63) is 24.3 Å². The van der Waals surface area contributed by atoms with Crippen molar-refractivity contribution in [3.63, 3.8) is 0 Å². The Labute approximate surface area is 145 Å². The molecule has 0 radical (unpaired) electrons. The van der Waals surface area contributed by atoms with E-state index in [1.807, 2.05) is 20.8 Å². The van der Waals surface area contributed by atoms with Crippen molar-refractivity contribution >= 4 is 22.4 Å². The second-order valence-electron chi connectivity index (χ2n) is 5.65. The minimum atomic E-state index is -3.53. The first-order valence-electron chi connectivity index (χ1n) is 7.34. The zero-order chi connectivity index (χ0) is 16.8. The van der Waals surface area contributed by atoms with E-state index in [-0.39, 0.29) is 35.9 Å². The molecule has 1 aromatic carbocycles. The quantitative estimate of drug-likeness (QED) is 0.614. The maximum atomic E-state index is 12.2. The molecule has 1 rings (SSSR count). The lowest BCUT2D eigenvalue weighted by Crippen LogP contribution is -2.36. The summed E-state index contributed by atoms with van der Waals surface area (Å²) in [5.41, 5.74) is 0. The number of sulfonamides is 1. The van der Waals surface area contributed by atoms with Gasteiger partial charge in [0.2, 0.25) is 10.0 Å². The molecule has 0 saturated heterocycles. The molecule has 3 N–H and O–H groups in total. The molecule has 2 unspecified atom stereocenters. The summed E-state index contributed by atoms with van der Waals surface area (Å²) in [7, 11) is -1.78. The van der Waals surface area contributed by atoms with Crippen LogP contribution in [-0.2, 0) is 10.0 Å². The monoisotopic (exact) mass is 366 g/mol. The van der Waals surface area contributed by atoms with E-state index >= 15 is 0 Å². The largest absolute Gasteiger partial charge is 0.491 e. The fourth-order valence-corrected chi connectivity index (χ4v) is 3.04. The van der Waals surface area contributed by atoms with E-state index in [4.69, 9.17) is 4.74 Å². The average molecular weight is 367 g/mol. The number of hydrogen-bond donors (Lipinski definition) is 3. The first-order chi connectivity index (χ1) is 10.3. The lowest BCUT2D eigenvalue weighted by atomic mass is 10.1. The molecule has 8 heteroatoms. The van der Waals surface area contributed by atoms with E-state index in [0.717, 1.165) is 0 Å². The molecule has 0 fully saturated rings. The third-order valence-electron chi connectivity index (χ3n) is 3.36. The van der Waals surface area contributed by atoms with Crippen LogP contribution in [0.2, 0.25) is 0 Å². The molecule has 0 heterocycles. The topological polar surface area (TPSA) is 87.7 Å². The van der Waals surface area contributed by atoms with Gasteiger partial charge in [-0.05, 0) is 44.2 Å². The number of ether oxygens (including phenoxy) is 1. The van der Waals surface area contributed by atoms with Crippen LogP contribution in [0, 0.1) is 5.92 Å². The molecule has 0 saturated carbocycles. The van der Waals surface area contributed by atoms with E-state index < -0.39 is 16.1 Å². The van der Waals surface area contributed by atoms with Gasteiger partial charge in [-0.1, -0.05) is 13.8 Å². The van der Waals surface area contributed by atoms with Crippen LogP contribution in [0.15, 0.2) is 29.2 Å². The number of hydrogen-bond acceptors (Lipinski definition) is 5. The van der Waals surface area contributed by atoms with Gasteiger partial charge < -0.3 is 15.2 Å². The molecule has 23 heavy (non-hydrogen) atoms. The van der Waals surface area contributed by atoms with Crippen LogP contribution in [0.4, 0.5) is 0 Å². The molecule has 0 bridgehead atoms. The standard InChI is InChI=1S/C15H26N2O4S.ClH/c1-11(2)12(3)17-22(19,20)15-7-5-14(6-8-15)21-10-13(18)9-16-4;/h5-8,11-13,16-18H,9-10H2,1-4H3;1H. The average Bonchev–Trinajstić information content (AvgIpc) is 2.45. The van der Waals surface area contributed by atoms with Gasteiger partial charge in [0.05, 0.1) is 4.90 Å². The molecule has 2 atom stereocenters. The van der Waals surface area contributed by atoms with Gasteiger partial charge in [0, 0.05) is 12.6 Å². The predicted molar refractivity (Wildman–Crippen MR) is 93.7 cm³/mol. The molecule has 0 aliphatic rings. The van der Waals surface area contributed by atoms with Crippen molar-refractivity contribution in [2.24, 2.45) is 5.92 Å². The van der Waals surface area contributed by atoms with Gasteiger partial charge in [-0.2, -0.15) is 0 Å². The summed E-state index contributed by atoms with van der Waals surface area (Å²) in [6, 6.07) is 6.02. The van der Waals surface area contributed by atoms with Gasteiger partial charge in [0.1, 0.15) is 18.5 Å². The number of benzene rings is 1. The highest BCUT2D eigenvalue weighted by Gasteiger charge is 2.19. The zero-order valence-corrected chi connectivity index (χ0v) is 15.6. The minimum absolute atomic E-state index is 0. The highest BCUT2D eigenvalue weighted by atomic mass is 35.5. The SMILES string of the molecule is CNCC(O)COc1ccc(S(=O)(=O)NC(C)C(C)C)cc1.Cl. The number of nitrogens with one attached hydrogen (secondary N) is 2. The summed E-state index contributed by atoms with van der Waals surface area (Å²) < 4.78 is 32.5. The van der Waals surface area contributed by atoms with Crippen molar-refractivity contribution in [1.29, 1.82) is 0 Å². The molecule has 0 aliphatic heterocycles. The van der Waals surface area contributed by atoms with E-state index in [1.165, 1.54) is 12.1 Å². The molecule has 0 spiro atoms. The summed E-state index contributed by atoms with van der Waals surface area (Å²) >= 11 is 0. The molecule has 6 nitrogen and oxygen atoms in total. The summed E-state index contributed by atoms with van der Waals surface area (Å²) in [4.78, 5) is 0.197. The van der Waals surface area contributed by atoms with Crippen molar-refractivity contribution < 1.29 is 18.3 Å². The van der Waals surface area contributed by atoms with E-state index in [9.17, 15) is 13.5 Å². The van der Waals surface area contributed by atoms with Gasteiger partial charge in [0.15, 0.2) is 0 Å². The minimum Gasteiger partial charge on any atom is -0.491 e. The highest BCUT2D eigenvalue weighted by Crippen LogP contribution is 2.17. The number of aliphatic hydroxyl groups is 1.